The maximum atomic E-state index is 5.82. The van der Waals surface area contributed by atoms with E-state index >= 15 is 0 Å². The highest BCUT2D eigenvalue weighted by Crippen LogP contribution is 2.26. The highest BCUT2D eigenvalue weighted by Gasteiger charge is 2.27. The van der Waals surface area contributed by atoms with E-state index in [0.29, 0.717) is 11.8 Å². The van der Waals surface area contributed by atoms with Crippen LogP contribution >= 0.6 is 0 Å². The summed E-state index contributed by atoms with van der Waals surface area (Å²) in [6.07, 6.45) is 0.860. The van der Waals surface area contributed by atoms with E-state index in [4.69, 9.17) is 10.2 Å². The van der Waals surface area contributed by atoms with E-state index in [1.165, 1.54) is 5.56 Å². The third-order valence-electron chi connectivity index (χ3n) is 3.54. The first-order chi connectivity index (χ1) is 9.76. The third kappa shape index (κ3) is 2.72. The van der Waals surface area contributed by atoms with Crippen LogP contribution in [-0.4, -0.2) is 30.0 Å². The van der Waals surface area contributed by atoms with Gasteiger partial charge in [0.25, 0.3) is 0 Å². The van der Waals surface area contributed by atoms with E-state index in [2.05, 4.69) is 33.0 Å². The molecule has 0 amide bonds. The van der Waals surface area contributed by atoms with Crippen LogP contribution in [0.3, 0.4) is 0 Å². The molecule has 20 heavy (non-hydrogen) atoms. The lowest BCUT2D eigenvalue weighted by Crippen LogP contribution is -2.30. The number of hydrogen-bond donors (Lipinski definition) is 3. The maximum absolute atomic E-state index is 5.82. The molecule has 4 N–H and O–H groups in total. The molecule has 6 heteroatoms. The molecule has 1 aromatic heterocycles. The number of nitrogens with zero attached hydrogens (tertiary/aromatic N) is 2. The van der Waals surface area contributed by atoms with E-state index in [1.54, 1.807) is 0 Å². The molecule has 1 fully saturated rings. The number of nitrogens with two attached hydrogens (primary N) is 1. The second-order valence-electron chi connectivity index (χ2n) is 5.12. The molecule has 0 saturated carbocycles. The van der Waals surface area contributed by atoms with Crippen molar-refractivity contribution < 1.29 is 4.42 Å². The molecule has 1 aromatic carbocycles. The van der Waals surface area contributed by atoms with Crippen molar-refractivity contribution in [2.75, 3.05) is 13.6 Å². The van der Waals surface area contributed by atoms with Gasteiger partial charge < -0.3 is 20.8 Å². The van der Waals surface area contributed by atoms with Crippen LogP contribution in [0.4, 0.5) is 0 Å². The van der Waals surface area contributed by atoms with Crippen LogP contribution in [-0.2, 0) is 6.54 Å². The number of nitrogens with one attached hydrogen (secondary N) is 2. The predicted octanol–water partition coefficient (Wildman–Crippen LogP) is 0.818. The molecule has 2 aromatic rings. The van der Waals surface area contributed by atoms with Gasteiger partial charge in [-0.1, -0.05) is 12.1 Å². The molecule has 0 bridgehead atoms. The van der Waals surface area contributed by atoms with Crippen LogP contribution in [0.1, 0.15) is 23.8 Å². The van der Waals surface area contributed by atoms with Gasteiger partial charge in [0, 0.05) is 18.7 Å². The summed E-state index contributed by atoms with van der Waals surface area (Å²) in [7, 11) is 1.93. The summed E-state index contributed by atoms with van der Waals surface area (Å²) < 4.78 is 5.77. The first-order valence-electron chi connectivity index (χ1n) is 6.82. The Morgan fingerprint density at radius 1 is 1.35 bits per heavy atom. The lowest BCUT2D eigenvalue weighted by atomic mass is 10.1. The van der Waals surface area contributed by atoms with E-state index < -0.39 is 0 Å². The SMILES string of the molecule is CNCc1ccc(-c2nnc(C3CNC(N)C3)o2)cc1. The minimum Gasteiger partial charge on any atom is -0.420 e. The van der Waals surface area contributed by atoms with Crippen molar-refractivity contribution in [3.63, 3.8) is 0 Å². The van der Waals surface area contributed by atoms with Gasteiger partial charge in [0.2, 0.25) is 11.8 Å². The molecule has 1 saturated heterocycles. The highest BCUT2D eigenvalue weighted by atomic mass is 16.4. The summed E-state index contributed by atoms with van der Waals surface area (Å²) in [5, 5.41) is 14.6. The van der Waals surface area contributed by atoms with E-state index in [0.717, 1.165) is 25.1 Å². The molecule has 106 valence electrons. The molecular weight excluding hydrogens is 254 g/mol. The van der Waals surface area contributed by atoms with E-state index in [1.807, 2.05) is 19.2 Å². The van der Waals surface area contributed by atoms with Crippen molar-refractivity contribution in [1.82, 2.24) is 20.8 Å². The summed E-state index contributed by atoms with van der Waals surface area (Å²) in [4.78, 5) is 0. The summed E-state index contributed by atoms with van der Waals surface area (Å²) in [5.41, 5.74) is 7.99. The Balaban J connectivity index is 1.76. The van der Waals surface area contributed by atoms with Gasteiger partial charge in [-0.05, 0) is 31.2 Å². The molecule has 2 atom stereocenters. The molecule has 1 aliphatic heterocycles. The van der Waals surface area contributed by atoms with Crippen LogP contribution in [0.2, 0.25) is 0 Å². The normalized spacial score (nSPS) is 22.3. The molecule has 3 rings (SSSR count). The quantitative estimate of drug-likeness (QED) is 0.764. The van der Waals surface area contributed by atoms with Crippen LogP contribution in [0.15, 0.2) is 28.7 Å². The number of hydrogen-bond acceptors (Lipinski definition) is 6. The minimum atomic E-state index is 0.0242. The Kier molecular flexibility index (Phi) is 3.77. The second kappa shape index (κ2) is 5.70. The van der Waals surface area contributed by atoms with Crippen molar-refractivity contribution in [3.05, 3.63) is 35.7 Å². The lowest BCUT2D eigenvalue weighted by molar-refractivity contribution is 0.463. The van der Waals surface area contributed by atoms with Crippen LogP contribution < -0.4 is 16.4 Å². The Labute approximate surface area is 117 Å². The Morgan fingerprint density at radius 2 is 2.15 bits per heavy atom. The first-order valence-corrected chi connectivity index (χ1v) is 6.82. The minimum absolute atomic E-state index is 0.0242. The first kappa shape index (κ1) is 13.2. The zero-order chi connectivity index (χ0) is 13.9. The summed E-state index contributed by atoms with van der Waals surface area (Å²) in [5.74, 6) is 1.45. The van der Waals surface area contributed by atoms with Crippen molar-refractivity contribution in [2.45, 2.75) is 25.0 Å². The Morgan fingerprint density at radius 3 is 2.80 bits per heavy atom. The topological polar surface area (TPSA) is 89.0 Å². The van der Waals surface area contributed by atoms with Crippen LogP contribution in [0.5, 0.6) is 0 Å². The zero-order valence-corrected chi connectivity index (χ0v) is 11.5. The average Bonchev–Trinajstić information content (AvgIpc) is 3.09. The number of rotatable bonds is 4. The summed E-state index contributed by atoms with van der Waals surface area (Å²) >= 11 is 0. The van der Waals surface area contributed by atoms with Gasteiger partial charge in [0.15, 0.2) is 0 Å². The molecule has 2 heterocycles. The monoisotopic (exact) mass is 273 g/mol. The third-order valence-corrected chi connectivity index (χ3v) is 3.54. The highest BCUT2D eigenvalue weighted by molar-refractivity contribution is 5.53. The van der Waals surface area contributed by atoms with Crippen molar-refractivity contribution >= 4 is 0 Å². The molecule has 6 nitrogen and oxygen atoms in total. The van der Waals surface area contributed by atoms with Gasteiger partial charge in [0.1, 0.15) is 0 Å². The van der Waals surface area contributed by atoms with Gasteiger partial charge in [-0.2, -0.15) is 0 Å². The van der Waals surface area contributed by atoms with E-state index in [-0.39, 0.29) is 12.1 Å². The van der Waals surface area contributed by atoms with Crippen molar-refractivity contribution in [1.29, 1.82) is 0 Å². The maximum Gasteiger partial charge on any atom is 0.247 e. The predicted molar refractivity (Wildman–Crippen MR) is 75.8 cm³/mol. The van der Waals surface area contributed by atoms with Crippen molar-refractivity contribution in [2.24, 2.45) is 5.73 Å². The molecule has 0 aliphatic carbocycles. The Bertz CT molecular complexity index is 565. The lowest BCUT2D eigenvalue weighted by Gasteiger charge is -2.02. The fourth-order valence-electron chi connectivity index (χ4n) is 2.44. The van der Waals surface area contributed by atoms with Gasteiger partial charge in [-0.15, -0.1) is 10.2 Å². The number of aromatic nitrogens is 2. The number of benzene rings is 1. The largest absolute Gasteiger partial charge is 0.420 e. The average molecular weight is 273 g/mol. The fourth-order valence-corrected chi connectivity index (χ4v) is 2.44. The molecular formula is C14H19N5O. The molecule has 0 spiro atoms. The van der Waals surface area contributed by atoms with Gasteiger partial charge in [-0.25, -0.2) is 0 Å². The smallest absolute Gasteiger partial charge is 0.247 e. The van der Waals surface area contributed by atoms with Gasteiger partial charge >= 0.3 is 0 Å². The van der Waals surface area contributed by atoms with E-state index in [9.17, 15) is 0 Å². The van der Waals surface area contributed by atoms with Crippen LogP contribution in [0, 0.1) is 0 Å². The molecule has 1 aliphatic rings. The van der Waals surface area contributed by atoms with Crippen molar-refractivity contribution in [3.8, 4) is 11.5 Å². The second-order valence-corrected chi connectivity index (χ2v) is 5.12. The molecule has 0 radical (unpaired) electrons. The zero-order valence-electron chi connectivity index (χ0n) is 11.5. The van der Waals surface area contributed by atoms with Crippen LogP contribution in [0.25, 0.3) is 11.5 Å². The summed E-state index contributed by atoms with van der Waals surface area (Å²) in [6.45, 7) is 1.64. The van der Waals surface area contributed by atoms with Gasteiger partial charge in [0.05, 0.1) is 12.1 Å². The van der Waals surface area contributed by atoms with Gasteiger partial charge in [-0.3, -0.25) is 0 Å². The standard InChI is InChI=1S/C14H19N5O/c1-16-7-9-2-4-10(5-3-9)13-18-19-14(20-13)11-6-12(15)17-8-11/h2-5,11-12,16-17H,6-8,15H2,1H3. The Hall–Kier alpha value is -1.76. The molecule has 2 unspecified atom stereocenters. The fraction of sp³-hybridized carbons (Fsp3) is 0.429. The summed E-state index contributed by atoms with van der Waals surface area (Å²) in [6, 6.07) is 8.12.